The average Bonchev–Trinajstić information content (AvgIpc) is 3.52. The van der Waals surface area contributed by atoms with E-state index in [1.807, 2.05) is 66.7 Å². The van der Waals surface area contributed by atoms with Crippen LogP contribution in [0.15, 0.2) is 103 Å². The summed E-state index contributed by atoms with van der Waals surface area (Å²) >= 11 is 0. The third-order valence-electron chi connectivity index (χ3n) is 9.00. The van der Waals surface area contributed by atoms with Gasteiger partial charge in [-0.2, -0.15) is 0 Å². The molecule has 2 aliphatic heterocycles. The molecule has 0 radical (unpaired) electrons. The molecule has 6 rings (SSSR count). The molecular weight excluding hydrogens is 578 g/mol. The first kappa shape index (κ1) is 31.9. The summed E-state index contributed by atoms with van der Waals surface area (Å²) < 4.78 is 13.2. The van der Waals surface area contributed by atoms with E-state index in [9.17, 15) is 15.0 Å². The van der Waals surface area contributed by atoms with Crippen LogP contribution in [0.25, 0.3) is 11.1 Å². The van der Waals surface area contributed by atoms with Gasteiger partial charge in [0, 0.05) is 44.2 Å². The molecule has 0 saturated carbocycles. The summed E-state index contributed by atoms with van der Waals surface area (Å²) in [6.45, 7) is 5.31. The highest BCUT2D eigenvalue weighted by Crippen LogP contribution is 2.42. The lowest BCUT2D eigenvalue weighted by Crippen LogP contribution is -2.44. The Morgan fingerprint density at radius 3 is 2.20 bits per heavy atom. The van der Waals surface area contributed by atoms with Gasteiger partial charge in [0.15, 0.2) is 6.29 Å². The zero-order valence-electron chi connectivity index (χ0n) is 26.2. The van der Waals surface area contributed by atoms with Gasteiger partial charge in [-0.05, 0) is 45.9 Å². The minimum absolute atomic E-state index is 0.00284. The minimum atomic E-state index is -0.546. The summed E-state index contributed by atoms with van der Waals surface area (Å²) in [6.07, 6.45) is -0.313. The van der Waals surface area contributed by atoms with Crippen molar-refractivity contribution >= 4 is 6.03 Å². The molecule has 240 valence electrons. The highest BCUT2D eigenvalue weighted by Gasteiger charge is 2.39. The summed E-state index contributed by atoms with van der Waals surface area (Å²) in [5.41, 5.74) is 7.03. The van der Waals surface area contributed by atoms with E-state index < -0.39 is 6.29 Å². The van der Waals surface area contributed by atoms with Gasteiger partial charge in [0.1, 0.15) is 0 Å². The van der Waals surface area contributed by atoms with Crippen LogP contribution in [0, 0.1) is 5.92 Å². The van der Waals surface area contributed by atoms with E-state index in [2.05, 4.69) is 58.9 Å². The van der Waals surface area contributed by atoms with E-state index in [4.69, 9.17) is 9.47 Å². The van der Waals surface area contributed by atoms with E-state index in [0.29, 0.717) is 19.6 Å². The number of carbonyl (C=O) groups excluding carboxylic acids is 1. The standard InChI is InChI=1S/C38H43N3O5/c1-26-35(24-41-19-18-34(43)23-41)45-37(46-36(26)31-12-10-28(25-42)11-13-31)32-16-14-30(15-17-32)33-9-5-8-29(20-33)22-40-38(44)39-21-27-6-3-2-4-7-27/h2-17,20,26,34-37,42-43H,18-19,21-25H2,1H3,(H2,39,40,44)/t26-,34+,35+,36+,37+/m1/s1. The van der Waals surface area contributed by atoms with Crippen molar-refractivity contribution in [1.29, 1.82) is 0 Å². The number of likely N-dealkylation sites (tertiary alicyclic amines) is 1. The molecule has 2 aliphatic rings. The maximum absolute atomic E-state index is 12.4. The number of aliphatic hydroxyl groups excluding tert-OH is 2. The molecule has 0 spiro atoms. The number of β-amino-alcohol motifs (C(OH)–C–C–N with tert-alkyl or cyclic N) is 1. The van der Waals surface area contributed by atoms with Crippen LogP contribution in [0.2, 0.25) is 0 Å². The normalized spacial score (nSPS) is 23.2. The zero-order chi connectivity index (χ0) is 31.9. The van der Waals surface area contributed by atoms with Crippen LogP contribution in [-0.2, 0) is 29.2 Å². The molecule has 4 N–H and O–H groups in total. The van der Waals surface area contributed by atoms with Crippen molar-refractivity contribution in [2.45, 2.75) is 57.6 Å². The maximum atomic E-state index is 12.4. The molecule has 4 aromatic carbocycles. The number of rotatable bonds is 10. The fourth-order valence-corrected chi connectivity index (χ4v) is 6.28. The number of amides is 2. The van der Waals surface area contributed by atoms with Crippen molar-refractivity contribution in [3.8, 4) is 11.1 Å². The lowest BCUT2D eigenvalue weighted by atomic mass is 9.90. The molecule has 0 bridgehead atoms. The molecule has 0 aliphatic carbocycles. The number of nitrogens with zero attached hydrogens (tertiary/aromatic N) is 1. The smallest absolute Gasteiger partial charge is 0.315 e. The third kappa shape index (κ3) is 8.02. The second kappa shape index (κ2) is 15.0. The second-order valence-corrected chi connectivity index (χ2v) is 12.4. The number of ether oxygens (including phenoxy) is 2. The Kier molecular flexibility index (Phi) is 10.4. The molecule has 2 saturated heterocycles. The van der Waals surface area contributed by atoms with Gasteiger partial charge >= 0.3 is 6.03 Å². The summed E-state index contributed by atoms with van der Waals surface area (Å²) in [7, 11) is 0. The molecular formula is C38H43N3O5. The SMILES string of the molecule is C[C@@H]1[C@H](CN2CC[C@H](O)C2)O[C@H](c2ccc(-c3cccc(CNC(=O)NCc4ccccc4)c3)cc2)O[C@@H]1c1ccc(CO)cc1. The van der Waals surface area contributed by atoms with Crippen LogP contribution >= 0.6 is 0 Å². The number of carbonyl (C=O) groups is 1. The number of nitrogens with one attached hydrogen (secondary N) is 2. The van der Waals surface area contributed by atoms with Gasteiger partial charge in [-0.15, -0.1) is 0 Å². The highest BCUT2D eigenvalue weighted by molar-refractivity contribution is 5.74. The van der Waals surface area contributed by atoms with Crippen LogP contribution in [-0.4, -0.2) is 53.0 Å². The van der Waals surface area contributed by atoms with Crippen LogP contribution in [0.1, 0.15) is 53.6 Å². The van der Waals surface area contributed by atoms with Crippen LogP contribution in [0.3, 0.4) is 0 Å². The van der Waals surface area contributed by atoms with Crippen molar-refractivity contribution < 1.29 is 24.5 Å². The third-order valence-corrected chi connectivity index (χ3v) is 9.00. The molecule has 8 nitrogen and oxygen atoms in total. The Hall–Kier alpha value is -4.05. The van der Waals surface area contributed by atoms with Gasteiger partial charge in [0.2, 0.25) is 0 Å². The van der Waals surface area contributed by atoms with E-state index in [-0.39, 0.29) is 36.9 Å². The van der Waals surface area contributed by atoms with Crippen molar-refractivity contribution in [2.24, 2.45) is 5.92 Å². The molecule has 8 heteroatoms. The molecule has 0 aromatic heterocycles. The Labute approximate surface area is 271 Å². The predicted octanol–water partition coefficient (Wildman–Crippen LogP) is 5.70. The number of hydrogen-bond acceptors (Lipinski definition) is 6. The Balaban J connectivity index is 1.13. The average molecular weight is 622 g/mol. The summed E-state index contributed by atoms with van der Waals surface area (Å²) in [5.74, 6) is 0.0880. The largest absolute Gasteiger partial charge is 0.392 e. The highest BCUT2D eigenvalue weighted by atomic mass is 16.7. The summed E-state index contributed by atoms with van der Waals surface area (Å²) in [6, 6.07) is 34.0. The molecule has 46 heavy (non-hydrogen) atoms. The fraction of sp³-hybridized carbons (Fsp3) is 0.342. The van der Waals surface area contributed by atoms with Crippen molar-refractivity contribution in [1.82, 2.24) is 15.5 Å². The Morgan fingerprint density at radius 2 is 1.50 bits per heavy atom. The monoisotopic (exact) mass is 621 g/mol. The summed E-state index contributed by atoms with van der Waals surface area (Å²) in [4.78, 5) is 14.6. The number of aliphatic hydroxyl groups is 2. The molecule has 2 amide bonds. The van der Waals surface area contributed by atoms with Crippen molar-refractivity contribution in [3.63, 3.8) is 0 Å². The van der Waals surface area contributed by atoms with E-state index in [0.717, 1.165) is 58.5 Å². The first-order valence-corrected chi connectivity index (χ1v) is 16.1. The second-order valence-electron chi connectivity index (χ2n) is 12.4. The predicted molar refractivity (Wildman–Crippen MR) is 177 cm³/mol. The molecule has 2 fully saturated rings. The fourth-order valence-electron chi connectivity index (χ4n) is 6.28. The van der Waals surface area contributed by atoms with E-state index in [1.165, 1.54) is 0 Å². The summed E-state index contributed by atoms with van der Waals surface area (Å²) in [5, 5.41) is 25.5. The number of hydrogen-bond donors (Lipinski definition) is 4. The van der Waals surface area contributed by atoms with Crippen molar-refractivity contribution in [3.05, 3.63) is 131 Å². The quantitative estimate of drug-likeness (QED) is 0.181. The maximum Gasteiger partial charge on any atom is 0.315 e. The Bertz CT molecular complexity index is 1560. The van der Waals surface area contributed by atoms with Crippen LogP contribution in [0.5, 0.6) is 0 Å². The van der Waals surface area contributed by atoms with Crippen LogP contribution < -0.4 is 10.6 Å². The van der Waals surface area contributed by atoms with Crippen molar-refractivity contribution in [2.75, 3.05) is 19.6 Å². The van der Waals surface area contributed by atoms with Gasteiger partial charge in [0.25, 0.3) is 0 Å². The van der Waals surface area contributed by atoms with Crippen LogP contribution in [0.4, 0.5) is 4.79 Å². The minimum Gasteiger partial charge on any atom is -0.392 e. The van der Waals surface area contributed by atoms with Gasteiger partial charge in [-0.3, -0.25) is 4.90 Å². The number of urea groups is 1. The van der Waals surface area contributed by atoms with Gasteiger partial charge in [-0.25, -0.2) is 4.79 Å². The van der Waals surface area contributed by atoms with Gasteiger partial charge in [0.05, 0.1) is 24.9 Å². The first-order chi connectivity index (χ1) is 22.4. The van der Waals surface area contributed by atoms with E-state index in [1.54, 1.807) is 0 Å². The van der Waals surface area contributed by atoms with Gasteiger partial charge in [-0.1, -0.05) is 104 Å². The number of benzene rings is 4. The zero-order valence-corrected chi connectivity index (χ0v) is 26.2. The topological polar surface area (TPSA) is 103 Å². The molecule has 2 heterocycles. The first-order valence-electron chi connectivity index (χ1n) is 16.1. The lowest BCUT2D eigenvalue weighted by Gasteiger charge is -2.42. The van der Waals surface area contributed by atoms with E-state index >= 15 is 0 Å². The van der Waals surface area contributed by atoms with Gasteiger partial charge < -0.3 is 30.3 Å². The molecule has 4 aromatic rings. The Morgan fingerprint density at radius 1 is 0.804 bits per heavy atom. The molecule has 5 atom stereocenters. The molecule has 0 unspecified atom stereocenters. The lowest BCUT2D eigenvalue weighted by molar-refractivity contribution is -0.276.